The molecule has 208 valence electrons. The molecule has 0 fully saturated rings. The Morgan fingerprint density at radius 1 is 0.872 bits per heavy atom. The summed E-state index contributed by atoms with van der Waals surface area (Å²) >= 11 is 12.1. The van der Waals surface area contributed by atoms with Crippen molar-refractivity contribution in [3.05, 3.63) is 100 Å². The van der Waals surface area contributed by atoms with E-state index >= 15 is 0 Å². The largest absolute Gasteiger partial charge is 0.350 e. The molecule has 0 spiro atoms. The van der Waals surface area contributed by atoms with E-state index in [-0.39, 0.29) is 23.8 Å². The van der Waals surface area contributed by atoms with Crippen LogP contribution in [0.25, 0.3) is 0 Å². The first-order valence-electron chi connectivity index (χ1n) is 12.4. The number of rotatable bonds is 10. The minimum absolute atomic E-state index is 0.00917. The van der Waals surface area contributed by atoms with Gasteiger partial charge in [-0.05, 0) is 68.3 Å². The summed E-state index contributed by atoms with van der Waals surface area (Å²) in [6, 6.07) is 21.2. The van der Waals surface area contributed by atoms with Crippen LogP contribution in [0.15, 0.2) is 83.8 Å². The molecule has 7 nitrogen and oxygen atoms in total. The van der Waals surface area contributed by atoms with Crippen LogP contribution in [0.2, 0.25) is 10.0 Å². The number of amides is 2. The minimum atomic E-state index is -3.99. The fourth-order valence-corrected chi connectivity index (χ4v) is 5.45. The molecule has 1 N–H and O–H groups in total. The smallest absolute Gasteiger partial charge is 0.243 e. The van der Waals surface area contributed by atoms with Crippen molar-refractivity contribution < 1.29 is 18.0 Å². The molecule has 0 heterocycles. The molecular weight excluding hydrogens is 557 g/mol. The fraction of sp³-hybridized carbons (Fsp3) is 0.310. The summed E-state index contributed by atoms with van der Waals surface area (Å²) in [6.45, 7) is 5.17. The molecule has 39 heavy (non-hydrogen) atoms. The number of hydrogen-bond acceptors (Lipinski definition) is 4. The molecule has 0 aliphatic heterocycles. The monoisotopic (exact) mass is 589 g/mol. The Bertz CT molecular complexity index is 1390. The zero-order valence-electron chi connectivity index (χ0n) is 22.4. The lowest BCUT2D eigenvalue weighted by atomic mass is 10.0. The van der Waals surface area contributed by atoms with Crippen molar-refractivity contribution in [3.8, 4) is 0 Å². The third kappa shape index (κ3) is 8.80. The zero-order valence-corrected chi connectivity index (χ0v) is 24.7. The van der Waals surface area contributed by atoms with E-state index in [0.29, 0.717) is 15.6 Å². The fourth-order valence-electron chi connectivity index (χ4n) is 3.99. The molecule has 0 saturated carbocycles. The molecule has 1 atom stereocenters. The Morgan fingerprint density at radius 3 is 2.08 bits per heavy atom. The van der Waals surface area contributed by atoms with Gasteiger partial charge in [0.25, 0.3) is 0 Å². The van der Waals surface area contributed by atoms with Gasteiger partial charge < -0.3 is 10.2 Å². The highest BCUT2D eigenvalue weighted by molar-refractivity contribution is 7.89. The summed E-state index contributed by atoms with van der Waals surface area (Å²) in [7, 11) is -2.66. The second kappa shape index (κ2) is 13.0. The van der Waals surface area contributed by atoms with Gasteiger partial charge in [0.2, 0.25) is 21.8 Å². The average molecular weight is 591 g/mol. The van der Waals surface area contributed by atoms with Crippen molar-refractivity contribution in [1.29, 1.82) is 0 Å². The first kappa shape index (κ1) is 30.6. The number of hydrogen-bond donors (Lipinski definition) is 1. The van der Waals surface area contributed by atoms with Gasteiger partial charge >= 0.3 is 0 Å². The summed E-state index contributed by atoms with van der Waals surface area (Å²) in [4.78, 5) is 28.9. The molecule has 0 saturated heterocycles. The van der Waals surface area contributed by atoms with E-state index in [9.17, 15) is 18.0 Å². The molecule has 10 heteroatoms. The Morgan fingerprint density at radius 2 is 1.49 bits per heavy atom. The van der Waals surface area contributed by atoms with Crippen molar-refractivity contribution in [2.24, 2.45) is 0 Å². The number of nitrogens with one attached hydrogen (secondary N) is 1. The Labute approximate surface area is 240 Å². The van der Waals surface area contributed by atoms with Crippen molar-refractivity contribution in [2.75, 3.05) is 13.6 Å². The van der Waals surface area contributed by atoms with Gasteiger partial charge in [0.1, 0.15) is 6.04 Å². The van der Waals surface area contributed by atoms with Gasteiger partial charge in [-0.25, -0.2) is 8.42 Å². The SMILES string of the molecule is CN(CC(=O)N(Cc1cccc(Cl)c1)C(Cc1ccccc1)C(=O)NC(C)(C)C)S(=O)(=O)c1ccc(Cl)cc1. The third-order valence-electron chi connectivity index (χ3n) is 5.89. The van der Waals surface area contributed by atoms with Gasteiger partial charge in [0.15, 0.2) is 0 Å². The zero-order chi connectivity index (χ0) is 28.8. The highest BCUT2D eigenvalue weighted by Gasteiger charge is 2.34. The normalized spacial score (nSPS) is 12.7. The predicted octanol–water partition coefficient (Wildman–Crippen LogP) is 5.17. The number of nitrogens with zero attached hydrogens (tertiary/aromatic N) is 2. The van der Waals surface area contributed by atoms with Crippen molar-refractivity contribution in [3.63, 3.8) is 0 Å². The molecule has 0 radical (unpaired) electrons. The molecule has 2 amide bonds. The van der Waals surface area contributed by atoms with E-state index in [1.165, 1.54) is 36.2 Å². The maximum Gasteiger partial charge on any atom is 0.243 e. The van der Waals surface area contributed by atoms with Gasteiger partial charge in [-0.3, -0.25) is 9.59 Å². The summed E-state index contributed by atoms with van der Waals surface area (Å²) in [6.07, 6.45) is 0.239. The minimum Gasteiger partial charge on any atom is -0.350 e. The number of sulfonamides is 1. The van der Waals surface area contributed by atoms with Gasteiger partial charge in [-0.1, -0.05) is 65.7 Å². The van der Waals surface area contributed by atoms with Crippen LogP contribution < -0.4 is 5.32 Å². The lowest BCUT2D eigenvalue weighted by Crippen LogP contribution is -2.56. The van der Waals surface area contributed by atoms with Crippen LogP contribution in [0.1, 0.15) is 31.9 Å². The van der Waals surface area contributed by atoms with Crippen molar-refractivity contribution in [2.45, 2.75) is 50.2 Å². The van der Waals surface area contributed by atoms with Crippen LogP contribution in [0.4, 0.5) is 0 Å². The topological polar surface area (TPSA) is 86.8 Å². The second-order valence-electron chi connectivity index (χ2n) is 10.3. The number of halogens is 2. The van der Waals surface area contributed by atoms with Crippen LogP contribution in [0, 0.1) is 0 Å². The molecule has 3 aromatic rings. The lowest BCUT2D eigenvalue weighted by Gasteiger charge is -2.34. The number of carbonyl (C=O) groups is 2. The van der Waals surface area contributed by atoms with Crippen molar-refractivity contribution in [1.82, 2.24) is 14.5 Å². The maximum atomic E-state index is 13.9. The number of likely N-dealkylation sites (N-methyl/N-ethyl adjacent to an activating group) is 1. The molecule has 3 aromatic carbocycles. The van der Waals surface area contributed by atoms with E-state index in [1.54, 1.807) is 18.2 Å². The Kier molecular flexibility index (Phi) is 10.2. The standard InChI is InChI=1S/C29H33Cl2N3O4S/c1-29(2,3)32-28(36)26(18-21-9-6-5-7-10-21)34(19-22-11-8-12-24(31)17-22)27(35)20-33(4)39(37,38)25-15-13-23(30)14-16-25/h5-17,26H,18-20H2,1-4H3,(H,32,36). The summed E-state index contributed by atoms with van der Waals surface area (Å²) in [5, 5.41) is 3.87. The number of carbonyl (C=O) groups excluding carboxylic acids is 2. The summed E-state index contributed by atoms with van der Waals surface area (Å²) in [5.41, 5.74) is 1.02. The number of benzene rings is 3. The predicted molar refractivity (Wildman–Crippen MR) is 155 cm³/mol. The van der Waals surface area contributed by atoms with Gasteiger partial charge in [0, 0.05) is 35.6 Å². The maximum absolute atomic E-state index is 13.9. The molecule has 0 aliphatic rings. The third-order valence-corrected chi connectivity index (χ3v) is 8.20. The molecule has 3 rings (SSSR count). The Hall–Kier alpha value is -2.91. The average Bonchev–Trinajstić information content (AvgIpc) is 2.86. The van der Waals surface area contributed by atoms with E-state index in [2.05, 4.69) is 5.32 Å². The van der Waals surface area contributed by atoms with Gasteiger partial charge in [-0.15, -0.1) is 0 Å². The van der Waals surface area contributed by atoms with Gasteiger partial charge in [-0.2, -0.15) is 4.31 Å². The Balaban J connectivity index is 1.99. The van der Waals surface area contributed by atoms with Crippen LogP contribution in [0.3, 0.4) is 0 Å². The highest BCUT2D eigenvalue weighted by Crippen LogP contribution is 2.21. The summed E-state index contributed by atoms with van der Waals surface area (Å²) < 4.78 is 27.4. The first-order chi connectivity index (χ1) is 18.3. The van der Waals surface area contributed by atoms with E-state index < -0.39 is 34.1 Å². The van der Waals surface area contributed by atoms with Crippen LogP contribution in [-0.2, 0) is 32.6 Å². The van der Waals surface area contributed by atoms with Crippen molar-refractivity contribution >= 4 is 45.0 Å². The van der Waals surface area contributed by atoms with Crippen LogP contribution >= 0.6 is 23.2 Å². The first-order valence-corrected chi connectivity index (χ1v) is 14.6. The van der Waals surface area contributed by atoms with Gasteiger partial charge in [0.05, 0.1) is 11.4 Å². The van der Waals surface area contributed by atoms with Crippen LogP contribution in [-0.4, -0.2) is 54.6 Å². The molecule has 0 aromatic heterocycles. The molecule has 0 bridgehead atoms. The quantitative estimate of drug-likeness (QED) is 0.353. The van der Waals surface area contributed by atoms with E-state index in [4.69, 9.17) is 23.2 Å². The van der Waals surface area contributed by atoms with E-state index in [0.717, 1.165) is 9.87 Å². The molecular formula is C29H33Cl2N3O4S. The molecule has 1 unspecified atom stereocenters. The van der Waals surface area contributed by atoms with E-state index in [1.807, 2.05) is 57.2 Å². The molecule has 0 aliphatic carbocycles. The second-order valence-corrected chi connectivity index (χ2v) is 13.2. The lowest BCUT2D eigenvalue weighted by molar-refractivity contribution is -0.141. The highest BCUT2D eigenvalue weighted by atomic mass is 35.5. The van der Waals surface area contributed by atoms with Crippen LogP contribution in [0.5, 0.6) is 0 Å². The summed E-state index contributed by atoms with van der Waals surface area (Å²) in [5.74, 6) is -0.870.